The molecule has 138 valence electrons. The molecule has 1 unspecified atom stereocenters. The topological polar surface area (TPSA) is 30.3 Å². The van der Waals surface area contributed by atoms with Gasteiger partial charge in [0.1, 0.15) is 5.82 Å². The Kier molecular flexibility index (Phi) is 7.48. The minimum absolute atomic E-state index is 0.564. The van der Waals surface area contributed by atoms with Crippen molar-refractivity contribution in [3.63, 3.8) is 0 Å². The minimum atomic E-state index is -0.564. The molecule has 0 fully saturated rings. The first kappa shape index (κ1) is 20.0. The Bertz CT molecular complexity index is 656. The summed E-state index contributed by atoms with van der Waals surface area (Å²) in [5.74, 6) is 0.938. The predicted octanol–water partition coefficient (Wildman–Crippen LogP) is 4.48. The second-order valence-electron chi connectivity index (χ2n) is 6.81. The van der Waals surface area contributed by atoms with Gasteiger partial charge in [-0.25, -0.2) is 4.98 Å². The molecule has 0 amide bonds. The van der Waals surface area contributed by atoms with Crippen molar-refractivity contribution in [2.45, 2.75) is 38.2 Å². The number of ether oxygens (including phenoxy) is 1. The lowest BCUT2D eigenvalue weighted by Crippen LogP contribution is -2.35. The summed E-state index contributed by atoms with van der Waals surface area (Å²) in [6, 6.07) is 8.00. The van der Waals surface area contributed by atoms with Crippen molar-refractivity contribution in [2.75, 3.05) is 27.2 Å². The lowest BCUT2D eigenvalue weighted by atomic mass is 9.87. The van der Waals surface area contributed by atoms with Gasteiger partial charge in [-0.15, -0.1) is 0 Å². The molecule has 0 N–H and O–H groups in total. The number of unbranched alkanes of at least 4 members (excludes halogenated alkanes) is 1. The van der Waals surface area contributed by atoms with Crippen LogP contribution in [0, 0.1) is 0 Å². The molecular weight excluding hydrogens is 334 g/mol. The molecule has 1 atom stereocenters. The highest BCUT2D eigenvalue weighted by Crippen LogP contribution is 2.38. The molecule has 0 saturated carbocycles. The first-order chi connectivity index (χ1) is 12.0. The molecule has 4 nitrogen and oxygen atoms in total. The van der Waals surface area contributed by atoms with Gasteiger partial charge in [-0.3, -0.25) is 0 Å². The van der Waals surface area contributed by atoms with E-state index in [9.17, 15) is 0 Å². The maximum absolute atomic E-state index is 6.58. The van der Waals surface area contributed by atoms with Gasteiger partial charge in [0, 0.05) is 31.1 Å². The zero-order valence-electron chi connectivity index (χ0n) is 15.8. The van der Waals surface area contributed by atoms with E-state index in [0.717, 1.165) is 48.6 Å². The Labute approximate surface area is 156 Å². The monoisotopic (exact) mass is 363 g/mol. The van der Waals surface area contributed by atoms with Gasteiger partial charge in [0.05, 0.1) is 0 Å². The number of aryl methyl sites for hydroxylation is 1. The Morgan fingerprint density at radius 1 is 1.28 bits per heavy atom. The van der Waals surface area contributed by atoms with Gasteiger partial charge < -0.3 is 14.2 Å². The highest BCUT2D eigenvalue weighted by atomic mass is 35.5. The number of halogens is 1. The summed E-state index contributed by atoms with van der Waals surface area (Å²) >= 11 is 6.30. The molecule has 5 heteroatoms. The van der Waals surface area contributed by atoms with E-state index in [1.807, 2.05) is 37.6 Å². The zero-order chi connectivity index (χ0) is 18.3. The zero-order valence-corrected chi connectivity index (χ0v) is 16.6. The molecule has 0 saturated heterocycles. The summed E-state index contributed by atoms with van der Waals surface area (Å²) in [6.07, 6.45) is 7.84. The maximum atomic E-state index is 6.58. The van der Waals surface area contributed by atoms with Crippen molar-refractivity contribution < 1.29 is 4.74 Å². The number of imidazole rings is 1. The molecule has 0 aliphatic carbocycles. The smallest absolute Gasteiger partial charge is 0.151 e. The molecule has 0 aliphatic heterocycles. The van der Waals surface area contributed by atoms with E-state index in [1.54, 1.807) is 0 Å². The third-order valence-electron chi connectivity index (χ3n) is 4.45. The summed E-state index contributed by atoms with van der Waals surface area (Å²) < 4.78 is 8.64. The minimum Gasteiger partial charge on any atom is -0.362 e. The molecule has 0 aliphatic rings. The molecule has 25 heavy (non-hydrogen) atoms. The molecular formula is C20H30ClN3O. The van der Waals surface area contributed by atoms with Crippen LogP contribution < -0.4 is 0 Å². The van der Waals surface area contributed by atoms with E-state index in [0.29, 0.717) is 6.61 Å². The first-order valence-corrected chi connectivity index (χ1v) is 9.40. The molecule has 0 radical (unpaired) electrons. The lowest BCUT2D eigenvalue weighted by Gasteiger charge is -2.34. The summed E-state index contributed by atoms with van der Waals surface area (Å²) in [5, 5.41) is 0.726. The number of aromatic nitrogens is 2. The third kappa shape index (κ3) is 5.06. The van der Waals surface area contributed by atoms with Crippen LogP contribution in [-0.4, -0.2) is 41.7 Å². The molecule has 0 bridgehead atoms. The lowest BCUT2D eigenvalue weighted by molar-refractivity contribution is -0.0368. The fourth-order valence-electron chi connectivity index (χ4n) is 3.15. The molecule has 2 rings (SSSR count). The fraction of sp³-hybridized carbons (Fsp3) is 0.550. The van der Waals surface area contributed by atoms with Crippen LogP contribution in [0.1, 0.15) is 44.0 Å². The Morgan fingerprint density at radius 2 is 2.08 bits per heavy atom. The van der Waals surface area contributed by atoms with Gasteiger partial charge in [0.25, 0.3) is 0 Å². The van der Waals surface area contributed by atoms with E-state index in [4.69, 9.17) is 16.3 Å². The van der Waals surface area contributed by atoms with Crippen molar-refractivity contribution in [3.05, 3.63) is 53.1 Å². The Balaban J connectivity index is 2.40. The summed E-state index contributed by atoms with van der Waals surface area (Å²) in [4.78, 5) is 6.82. The Morgan fingerprint density at radius 3 is 2.68 bits per heavy atom. The highest BCUT2D eigenvalue weighted by Gasteiger charge is 2.38. The largest absolute Gasteiger partial charge is 0.362 e. The van der Waals surface area contributed by atoms with Crippen LogP contribution in [0.15, 0.2) is 36.7 Å². The standard InChI is InChI=1S/C20H30ClN3O/c1-5-6-11-20(19-22-12-14-24(19)4,25-15-8-13-23(2)3)17-9-7-10-18(21)16-17/h7,9-10,12,14,16H,5-6,8,11,13,15H2,1-4H3. The number of nitrogens with zero attached hydrogens (tertiary/aromatic N) is 3. The number of hydrogen-bond donors (Lipinski definition) is 0. The molecule has 1 aromatic carbocycles. The summed E-state index contributed by atoms with van der Waals surface area (Å²) in [6.45, 7) is 3.88. The van der Waals surface area contributed by atoms with Gasteiger partial charge in [0.15, 0.2) is 5.60 Å². The quantitative estimate of drug-likeness (QED) is 0.583. The third-order valence-corrected chi connectivity index (χ3v) is 4.69. The van der Waals surface area contributed by atoms with Crippen LogP contribution in [0.25, 0.3) is 0 Å². The first-order valence-electron chi connectivity index (χ1n) is 9.02. The van der Waals surface area contributed by atoms with Crippen molar-refractivity contribution in [1.82, 2.24) is 14.5 Å². The van der Waals surface area contributed by atoms with E-state index in [1.165, 1.54) is 0 Å². The van der Waals surface area contributed by atoms with E-state index >= 15 is 0 Å². The molecule has 1 aromatic heterocycles. The van der Waals surface area contributed by atoms with Crippen LogP contribution in [0.2, 0.25) is 5.02 Å². The predicted molar refractivity (Wildman–Crippen MR) is 104 cm³/mol. The van der Waals surface area contributed by atoms with Gasteiger partial charge in [-0.05, 0) is 51.2 Å². The highest BCUT2D eigenvalue weighted by molar-refractivity contribution is 6.30. The summed E-state index contributed by atoms with van der Waals surface area (Å²) in [7, 11) is 6.19. The van der Waals surface area contributed by atoms with Crippen LogP contribution in [0.4, 0.5) is 0 Å². The van der Waals surface area contributed by atoms with E-state index in [-0.39, 0.29) is 0 Å². The molecule has 1 heterocycles. The van der Waals surface area contributed by atoms with Crippen molar-refractivity contribution in [3.8, 4) is 0 Å². The average molecular weight is 364 g/mol. The normalized spacial score (nSPS) is 14.0. The van der Waals surface area contributed by atoms with E-state index < -0.39 is 5.60 Å². The van der Waals surface area contributed by atoms with Gasteiger partial charge >= 0.3 is 0 Å². The maximum Gasteiger partial charge on any atom is 0.151 e. The van der Waals surface area contributed by atoms with Gasteiger partial charge in [0.2, 0.25) is 0 Å². The van der Waals surface area contributed by atoms with Gasteiger partial charge in [-0.2, -0.15) is 0 Å². The van der Waals surface area contributed by atoms with Crippen LogP contribution >= 0.6 is 11.6 Å². The van der Waals surface area contributed by atoms with Crippen LogP contribution in [-0.2, 0) is 17.4 Å². The van der Waals surface area contributed by atoms with Crippen molar-refractivity contribution in [1.29, 1.82) is 0 Å². The molecule has 0 spiro atoms. The van der Waals surface area contributed by atoms with Crippen molar-refractivity contribution >= 4 is 11.6 Å². The number of rotatable bonds is 10. The molecule has 2 aromatic rings. The Hall–Kier alpha value is -1.36. The fourth-order valence-corrected chi connectivity index (χ4v) is 3.34. The van der Waals surface area contributed by atoms with Crippen molar-refractivity contribution in [2.24, 2.45) is 7.05 Å². The second-order valence-corrected chi connectivity index (χ2v) is 7.24. The van der Waals surface area contributed by atoms with Crippen LogP contribution in [0.3, 0.4) is 0 Å². The average Bonchev–Trinajstić information content (AvgIpc) is 3.01. The number of benzene rings is 1. The van der Waals surface area contributed by atoms with E-state index in [2.05, 4.69) is 41.5 Å². The SMILES string of the molecule is CCCCC(OCCCN(C)C)(c1cccc(Cl)c1)c1nccn1C. The number of hydrogen-bond acceptors (Lipinski definition) is 3. The van der Waals surface area contributed by atoms with Gasteiger partial charge in [-0.1, -0.05) is 43.5 Å². The summed E-state index contributed by atoms with van der Waals surface area (Å²) in [5.41, 5.74) is 0.512. The van der Waals surface area contributed by atoms with Crippen LogP contribution in [0.5, 0.6) is 0 Å². The second kappa shape index (κ2) is 9.37.